The van der Waals surface area contributed by atoms with Crippen molar-refractivity contribution < 1.29 is 29.0 Å². The lowest BCUT2D eigenvalue weighted by Gasteiger charge is -2.25. The molecular formula is C24H24FNO5. The number of carbonyl (C=O) groups excluding carboxylic acids is 2. The minimum absolute atomic E-state index is 0.0353. The highest BCUT2D eigenvalue weighted by Gasteiger charge is 2.45. The summed E-state index contributed by atoms with van der Waals surface area (Å²) in [5.41, 5.74) is 1.87. The number of likely N-dealkylation sites (tertiary alicyclic amines) is 1. The summed E-state index contributed by atoms with van der Waals surface area (Å²) >= 11 is 0. The quantitative estimate of drug-likeness (QED) is 0.286. The zero-order chi connectivity index (χ0) is 22.5. The molecule has 1 unspecified atom stereocenters. The van der Waals surface area contributed by atoms with Gasteiger partial charge in [0.05, 0.1) is 11.6 Å². The van der Waals surface area contributed by atoms with Gasteiger partial charge in [0.15, 0.2) is 0 Å². The Morgan fingerprint density at radius 2 is 1.61 bits per heavy atom. The second-order valence-electron chi connectivity index (χ2n) is 7.61. The molecule has 1 aliphatic heterocycles. The summed E-state index contributed by atoms with van der Waals surface area (Å²) in [6.45, 7) is 2.11. The molecule has 1 fully saturated rings. The van der Waals surface area contributed by atoms with Crippen LogP contribution in [0.4, 0.5) is 4.39 Å². The third kappa shape index (κ3) is 4.99. The first-order chi connectivity index (χ1) is 14.8. The van der Waals surface area contributed by atoms with Gasteiger partial charge in [0, 0.05) is 18.5 Å². The molecule has 0 saturated carbocycles. The van der Waals surface area contributed by atoms with Crippen LogP contribution in [0.5, 0.6) is 0 Å². The van der Waals surface area contributed by atoms with Crippen LogP contribution in [0.15, 0.2) is 54.1 Å². The van der Waals surface area contributed by atoms with Crippen LogP contribution in [0.3, 0.4) is 0 Å². The standard InChI is InChI=1S/C24H24FNO5/c1-15-6-8-17(9-7-15)22(29)20-21(16-10-12-18(25)13-11-16)26(24(31)23(20)30)14-4-2-3-5-19(27)28/h6-13,21,29H,2-5,14H2,1H3,(H,27,28)/b22-20-. The summed E-state index contributed by atoms with van der Waals surface area (Å²) in [6.07, 6.45) is 1.57. The molecule has 0 aliphatic carbocycles. The highest BCUT2D eigenvalue weighted by atomic mass is 19.1. The molecule has 1 aliphatic rings. The van der Waals surface area contributed by atoms with Gasteiger partial charge in [0.1, 0.15) is 11.6 Å². The van der Waals surface area contributed by atoms with Gasteiger partial charge in [-0.3, -0.25) is 14.4 Å². The Kier molecular flexibility index (Phi) is 6.84. The summed E-state index contributed by atoms with van der Waals surface area (Å²) in [6, 6.07) is 11.6. The molecule has 0 spiro atoms. The molecule has 1 saturated heterocycles. The fourth-order valence-corrected chi connectivity index (χ4v) is 3.70. The monoisotopic (exact) mass is 425 g/mol. The molecule has 0 aromatic heterocycles. The number of aliphatic hydroxyl groups excluding tert-OH is 1. The smallest absolute Gasteiger partial charge is 0.303 e. The Hall–Kier alpha value is -3.48. The highest BCUT2D eigenvalue weighted by Crippen LogP contribution is 2.39. The van der Waals surface area contributed by atoms with Crippen molar-refractivity contribution in [3.63, 3.8) is 0 Å². The number of aliphatic hydroxyl groups is 1. The Labute approximate surface area is 179 Å². The Morgan fingerprint density at radius 1 is 0.968 bits per heavy atom. The number of aryl methyl sites for hydroxylation is 1. The van der Waals surface area contributed by atoms with Crippen molar-refractivity contribution in [1.82, 2.24) is 4.90 Å². The van der Waals surface area contributed by atoms with Gasteiger partial charge in [-0.2, -0.15) is 0 Å². The van der Waals surface area contributed by atoms with Crippen LogP contribution in [0.1, 0.15) is 48.4 Å². The first-order valence-corrected chi connectivity index (χ1v) is 10.1. The molecule has 1 amide bonds. The molecule has 162 valence electrons. The number of nitrogens with zero attached hydrogens (tertiary/aromatic N) is 1. The van der Waals surface area contributed by atoms with Crippen LogP contribution in [0.25, 0.3) is 5.76 Å². The van der Waals surface area contributed by atoms with Gasteiger partial charge in [-0.15, -0.1) is 0 Å². The molecule has 6 nitrogen and oxygen atoms in total. The van der Waals surface area contributed by atoms with Crippen molar-refractivity contribution in [2.75, 3.05) is 6.54 Å². The summed E-state index contributed by atoms with van der Waals surface area (Å²) in [7, 11) is 0. The maximum Gasteiger partial charge on any atom is 0.303 e. The van der Waals surface area contributed by atoms with E-state index < -0.39 is 29.5 Å². The van der Waals surface area contributed by atoms with E-state index in [0.29, 0.717) is 30.4 Å². The molecule has 1 atom stereocenters. The van der Waals surface area contributed by atoms with Gasteiger partial charge in [-0.05, 0) is 37.5 Å². The van der Waals surface area contributed by atoms with E-state index in [0.717, 1.165) is 5.56 Å². The van der Waals surface area contributed by atoms with Gasteiger partial charge < -0.3 is 15.1 Å². The number of carboxylic acid groups (broad SMARTS) is 1. The van der Waals surface area contributed by atoms with Crippen molar-refractivity contribution in [3.05, 3.63) is 76.6 Å². The van der Waals surface area contributed by atoms with Crippen molar-refractivity contribution in [1.29, 1.82) is 0 Å². The van der Waals surface area contributed by atoms with E-state index in [4.69, 9.17) is 5.11 Å². The summed E-state index contributed by atoms with van der Waals surface area (Å²) in [5, 5.41) is 19.7. The number of carboxylic acids is 1. The van der Waals surface area contributed by atoms with Gasteiger partial charge in [0.25, 0.3) is 11.7 Å². The molecular weight excluding hydrogens is 401 g/mol. The SMILES string of the molecule is Cc1ccc(/C(O)=C2/C(=O)C(=O)N(CCCCCC(=O)O)C2c2ccc(F)cc2)cc1. The number of carbonyl (C=O) groups is 3. The largest absolute Gasteiger partial charge is 0.507 e. The Balaban J connectivity index is 1.96. The van der Waals surface area contributed by atoms with E-state index in [-0.39, 0.29) is 24.3 Å². The molecule has 0 radical (unpaired) electrons. The van der Waals surface area contributed by atoms with E-state index in [1.807, 2.05) is 6.92 Å². The van der Waals surface area contributed by atoms with Gasteiger partial charge in [-0.25, -0.2) is 4.39 Å². The zero-order valence-electron chi connectivity index (χ0n) is 17.2. The number of rotatable bonds is 8. The third-order valence-electron chi connectivity index (χ3n) is 5.34. The number of amides is 1. The van der Waals surface area contributed by atoms with Crippen molar-refractivity contribution in [2.45, 2.75) is 38.6 Å². The number of hydrogen-bond acceptors (Lipinski definition) is 4. The number of halogens is 1. The number of aliphatic carboxylic acids is 1. The van der Waals surface area contributed by atoms with Crippen LogP contribution < -0.4 is 0 Å². The van der Waals surface area contributed by atoms with Crippen LogP contribution in [0.2, 0.25) is 0 Å². The third-order valence-corrected chi connectivity index (χ3v) is 5.34. The summed E-state index contributed by atoms with van der Waals surface area (Å²) in [5.74, 6) is -3.14. The van der Waals surface area contributed by atoms with Crippen molar-refractivity contribution in [2.24, 2.45) is 0 Å². The summed E-state index contributed by atoms with van der Waals surface area (Å²) < 4.78 is 13.5. The summed E-state index contributed by atoms with van der Waals surface area (Å²) in [4.78, 5) is 37.7. The molecule has 2 aromatic rings. The first-order valence-electron chi connectivity index (χ1n) is 10.1. The van der Waals surface area contributed by atoms with Gasteiger partial charge in [0.2, 0.25) is 0 Å². The van der Waals surface area contributed by atoms with E-state index in [1.165, 1.54) is 29.2 Å². The van der Waals surface area contributed by atoms with E-state index in [2.05, 4.69) is 0 Å². The van der Waals surface area contributed by atoms with E-state index in [9.17, 15) is 23.9 Å². The van der Waals surface area contributed by atoms with Crippen molar-refractivity contribution in [3.8, 4) is 0 Å². The minimum atomic E-state index is -0.884. The molecule has 7 heteroatoms. The fraction of sp³-hybridized carbons (Fsp3) is 0.292. The molecule has 1 heterocycles. The second-order valence-corrected chi connectivity index (χ2v) is 7.61. The maximum absolute atomic E-state index is 13.5. The Morgan fingerprint density at radius 3 is 2.23 bits per heavy atom. The van der Waals surface area contributed by atoms with Crippen molar-refractivity contribution >= 4 is 23.4 Å². The van der Waals surface area contributed by atoms with Crippen LogP contribution >= 0.6 is 0 Å². The molecule has 2 aromatic carbocycles. The predicted octanol–water partition coefficient (Wildman–Crippen LogP) is 4.20. The van der Waals surface area contributed by atoms with Crippen LogP contribution in [-0.2, 0) is 14.4 Å². The first kappa shape index (κ1) is 22.2. The average Bonchev–Trinajstić information content (AvgIpc) is 2.99. The lowest BCUT2D eigenvalue weighted by molar-refractivity contribution is -0.140. The number of benzene rings is 2. The number of ketones is 1. The molecule has 0 bridgehead atoms. The highest BCUT2D eigenvalue weighted by molar-refractivity contribution is 6.46. The fourth-order valence-electron chi connectivity index (χ4n) is 3.70. The molecule has 2 N–H and O–H groups in total. The normalized spacial score (nSPS) is 17.9. The predicted molar refractivity (Wildman–Crippen MR) is 113 cm³/mol. The minimum Gasteiger partial charge on any atom is -0.507 e. The topological polar surface area (TPSA) is 94.9 Å². The maximum atomic E-state index is 13.5. The number of unbranched alkanes of at least 4 members (excludes halogenated alkanes) is 2. The number of Topliss-reactive ketones (excluding diaryl/α,β-unsaturated/α-hetero) is 1. The Bertz CT molecular complexity index is 1010. The van der Waals surface area contributed by atoms with Gasteiger partial charge >= 0.3 is 5.97 Å². The van der Waals surface area contributed by atoms with E-state index >= 15 is 0 Å². The zero-order valence-corrected chi connectivity index (χ0v) is 17.2. The van der Waals surface area contributed by atoms with E-state index in [1.54, 1.807) is 24.3 Å². The average molecular weight is 425 g/mol. The number of hydrogen-bond donors (Lipinski definition) is 2. The lowest BCUT2D eigenvalue weighted by atomic mass is 9.95. The van der Waals surface area contributed by atoms with Crippen LogP contribution in [-0.4, -0.2) is 39.3 Å². The molecule has 31 heavy (non-hydrogen) atoms. The van der Waals surface area contributed by atoms with Crippen LogP contribution in [0, 0.1) is 12.7 Å². The lowest BCUT2D eigenvalue weighted by Crippen LogP contribution is -2.30. The molecule has 3 rings (SSSR count). The second kappa shape index (κ2) is 9.55. The van der Waals surface area contributed by atoms with Gasteiger partial charge in [-0.1, -0.05) is 48.4 Å².